The fraction of sp³-hybridized carbons (Fsp3) is 0.600. The maximum absolute atomic E-state index is 5.03. The zero-order valence-electron chi connectivity index (χ0n) is 8.95. The molecule has 0 aromatic carbocycles. The van der Waals surface area contributed by atoms with Crippen molar-refractivity contribution < 1.29 is 4.74 Å². The molecule has 0 aliphatic carbocycles. The monoisotopic (exact) mass is 195 g/mol. The first-order chi connectivity index (χ1) is 6.84. The molecule has 0 atom stereocenters. The molecule has 1 aromatic heterocycles. The summed E-state index contributed by atoms with van der Waals surface area (Å²) in [4.78, 5) is 8.09. The van der Waals surface area contributed by atoms with Crippen molar-refractivity contribution in [3.05, 3.63) is 18.1 Å². The van der Waals surface area contributed by atoms with Gasteiger partial charge in [-0.3, -0.25) is 0 Å². The van der Waals surface area contributed by atoms with Crippen molar-refractivity contribution in [3.63, 3.8) is 0 Å². The molecule has 78 valence electrons. The first kappa shape index (κ1) is 10.9. The Bertz CT molecular complexity index is 274. The summed E-state index contributed by atoms with van der Waals surface area (Å²) in [6.07, 6.45) is 1.57. The average molecular weight is 195 g/mol. The molecule has 2 rings (SSSR count). The Morgan fingerprint density at radius 3 is 2.57 bits per heavy atom. The predicted molar refractivity (Wildman–Crippen MR) is 56.3 cm³/mol. The normalized spacial score (nSPS) is 15.1. The summed E-state index contributed by atoms with van der Waals surface area (Å²) in [6, 6.07) is 2.36. The van der Waals surface area contributed by atoms with E-state index in [2.05, 4.69) is 15.3 Å². The van der Waals surface area contributed by atoms with E-state index < -0.39 is 0 Å². The summed E-state index contributed by atoms with van der Waals surface area (Å²) in [5, 5.41) is 3.24. The van der Waals surface area contributed by atoms with Gasteiger partial charge in [0.2, 0.25) is 0 Å². The van der Waals surface area contributed by atoms with E-state index in [1.165, 1.54) is 0 Å². The van der Waals surface area contributed by atoms with Crippen LogP contribution in [0.5, 0.6) is 0 Å². The van der Waals surface area contributed by atoms with Gasteiger partial charge in [-0.2, -0.15) is 0 Å². The minimum absolute atomic E-state index is 0.430. The third-order valence-corrected chi connectivity index (χ3v) is 1.79. The Balaban J connectivity index is 0.000000461. The van der Waals surface area contributed by atoms with Gasteiger partial charge in [0, 0.05) is 11.8 Å². The molecule has 14 heavy (non-hydrogen) atoms. The fourth-order valence-electron chi connectivity index (χ4n) is 1.06. The van der Waals surface area contributed by atoms with Crippen LogP contribution in [0.1, 0.15) is 19.5 Å². The zero-order valence-corrected chi connectivity index (χ0v) is 8.95. The number of nitrogens with one attached hydrogen (secondary N) is 1. The molecular weight excluding hydrogens is 178 g/mol. The third kappa shape index (κ3) is 2.96. The van der Waals surface area contributed by atoms with Crippen molar-refractivity contribution >= 4 is 5.82 Å². The van der Waals surface area contributed by atoms with Gasteiger partial charge in [0.05, 0.1) is 19.3 Å². The molecular formula is C10H17N3O. The van der Waals surface area contributed by atoms with Crippen molar-refractivity contribution in [1.82, 2.24) is 9.97 Å². The lowest BCUT2D eigenvalue weighted by atomic mass is 10.2. The fourth-order valence-corrected chi connectivity index (χ4v) is 1.06. The van der Waals surface area contributed by atoms with E-state index in [4.69, 9.17) is 4.74 Å². The number of rotatable bonds is 2. The lowest BCUT2D eigenvalue weighted by Crippen LogP contribution is -2.40. The molecule has 2 heterocycles. The van der Waals surface area contributed by atoms with Gasteiger partial charge in [0.15, 0.2) is 0 Å². The van der Waals surface area contributed by atoms with Crippen LogP contribution < -0.4 is 5.32 Å². The lowest BCUT2D eigenvalue weighted by Gasteiger charge is -2.27. The van der Waals surface area contributed by atoms with Crippen molar-refractivity contribution in [1.29, 1.82) is 0 Å². The Morgan fingerprint density at radius 2 is 2.07 bits per heavy atom. The topological polar surface area (TPSA) is 47.0 Å². The number of hydrogen-bond acceptors (Lipinski definition) is 4. The molecule has 0 radical (unpaired) electrons. The first-order valence-electron chi connectivity index (χ1n) is 4.97. The van der Waals surface area contributed by atoms with Crippen LogP contribution in [-0.4, -0.2) is 29.2 Å². The molecule has 0 unspecified atom stereocenters. The molecule has 0 spiro atoms. The van der Waals surface area contributed by atoms with Gasteiger partial charge >= 0.3 is 0 Å². The second-order valence-corrected chi connectivity index (χ2v) is 2.92. The van der Waals surface area contributed by atoms with E-state index in [-0.39, 0.29) is 0 Å². The number of anilines is 1. The molecule has 0 amide bonds. The highest BCUT2D eigenvalue weighted by Crippen LogP contribution is 2.09. The molecule has 1 aliphatic heterocycles. The highest BCUT2D eigenvalue weighted by Gasteiger charge is 2.17. The van der Waals surface area contributed by atoms with E-state index in [9.17, 15) is 0 Å². The molecule has 4 heteroatoms. The predicted octanol–water partition coefficient (Wildman–Crippen LogP) is 1.62. The largest absolute Gasteiger partial charge is 0.377 e. The smallest absolute Gasteiger partial charge is 0.129 e. The van der Waals surface area contributed by atoms with E-state index in [0.29, 0.717) is 6.04 Å². The summed E-state index contributed by atoms with van der Waals surface area (Å²) in [6.45, 7) is 7.51. The average Bonchev–Trinajstić information content (AvgIpc) is 2.15. The van der Waals surface area contributed by atoms with Gasteiger partial charge in [-0.1, -0.05) is 13.8 Å². The summed E-state index contributed by atoms with van der Waals surface area (Å²) in [5.74, 6) is 0.885. The summed E-state index contributed by atoms with van der Waals surface area (Å²) in [7, 11) is 0. The van der Waals surface area contributed by atoms with E-state index in [1.54, 1.807) is 6.33 Å². The SMILES string of the molecule is CC.Cc1cc(NC2COC2)ncn1. The molecule has 1 aliphatic rings. The Labute approximate surface area is 84.7 Å². The van der Waals surface area contributed by atoms with Crippen LogP contribution in [0, 0.1) is 6.92 Å². The van der Waals surface area contributed by atoms with Gasteiger partial charge in [-0.15, -0.1) is 0 Å². The van der Waals surface area contributed by atoms with Gasteiger partial charge in [-0.05, 0) is 6.92 Å². The van der Waals surface area contributed by atoms with Crippen molar-refractivity contribution in [2.75, 3.05) is 18.5 Å². The van der Waals surface area contributed by atoms with Gasteiger partial charge in [-0.25, -0.2) is 9.97 Å². The molecule has 0 saturated carbocycles. The number of aryl methyl sites for hydroxylation is 1. The summed E-state index contributed by atoms with van der Waals surface area (Å²) in [5.41, 5.74) is 0.979. The van der Waals surface area contributed by atoms with E-state index >= 15 is 0 Å². The Hall–Kier alpha value is -1.16. The van der Waals surface area contributed by atoms with Crippen LogP contribution in [0.4, 0.5) is 5.82 Å². The maximum Gasteiger partial charge on any atom is 0.129 e. The van der Waals surface area contributed by atoms with E-state index in [0.717, 1.165) is 24.7 Å². The van der Waals surface area contributed by atoms with Crippen LogP contribution in [-0.2, 0) is 4.74 Å². The van der Waals surface area contributed by atoms with Crippen LogP contribution in [0.25, 0.3) is 0 Å². The molecule has 1 aromatic rings. The van der Waals surface area contributed by atoms with Gasteiger partial charge < -0.3 is 10.1 Å². The minimum Gasteiger partial charge on any atom is -0.377 e. The van der Waals surface area contributed by atoms with Crippen LogP contribution in [0.15, 0.2) is 12.4 Å². The van der Waals surface area contributed by atoms with Crippen molar-refractivity contribution in [2.45, 2.75) is 26.8 Å². The molecule has 1 saturated heterocycles. The van der Waals surface area contributed by atoms with Crippen molar-refractivity contribution in [2.24, 2.45) is 0 Å². The molecule has 0 bridgehead atoms. The second kappa shape index (κ2) is 5.54. The Morgan fingerprint density at radius 1 is 1.36 bits per heavy atom. The van der Waals surface area contributed by atoms with Crippen LogP contribution in [0.2, 0.25) is 0 Å². The third-order valence-electron chi connectivity index (χ3n) is 1.79. The Kier molecular flexibility index (Phi) is 4.32. The molecule has 1 N–H and O–H groups in total. The van der Waals surface area contributed by atoms with E-state index in [1.807, 2.05) is 26.8 Å². The van der Waals surface area contributed by atoms with Gasteiger partial charge in [0.1, 0.15) is 12.1 Å². The highest BCUT2D eigenvalue weighted by molar-refractivity contribution is 5.36. The van der Waals surface area contributed by atoms with Crippen LogP contribution >= 0.6 is 0 Å². The maximum atomic E-state index is 5.03. The summed E-state index contributed by atoms with van der Waals surface area (Å²) < 4.78 is 5.03. The minimum atomic E-state index is 0.430. The number of hydrogen-bond donors (Lipinski definition) is 1. The van der Waals surface area contributed by atoms with Gasteiger partial charge in [0.25, 0.3) is 0 Å². The number of aromatic nitrogens is 2. The quantitative estimate of drug-likeness (QED) is 0.779. The van der Waals surface area contributed by atoms with Crippen molar-refractivity contribution in [3.8, 4) is 0 Å². The molecule has 4 nitrogen and oxygen atoms in total. The number of nitrogens with zero attached hydrogens (tertiary/aromatic N) is 2. The second-order valence-electron chi connectivity index (χ2n) is 2.92. The zero-order chi connectivity index (χ0) is 10.4. The summed E-state index contributed by atoms with van der Waals surface area (Å²) >= 11 is 0. The standard InChI is InChI=1S/C8H11N3O.C2H6/c1-6-2-8(10-5-9-6)11-7-3-12-4-7;1-2/h2,5,7H,3-4H2,1H3,(H,9,10,11);1-2H3. The number of ether oxygens (including phenoxy) is 1. The lowest BCUT2D eigenvalue weighted by molar-refractivity contribution is 0.0209. The highest BCUT2D eigenvalue weighted by atomic mass is 16.5. The molecule has 1 fully saturated rings. The first-order valence-corrected chi connectivity index (χ1v) is 4.97. The van der Waals surface area contributed by atoms with Crippen LogP contribution in [0.3, 0.4) is 0 Å².